The second kappa shape index (κ2) is 22.1. The van der Waals surface area contributed by atoms with Crippen molar-refractivity contribution < 1.29 is 35.8 Å². The number of benzene rings is 6. The average molecular weight is 1170 g/mol. The van der Waals surface area contributed by atoms with E-state index in [1.165, 1.54) is 180 Å². The van der Waals surface area contributed by atoms with Crippen molar-refractivity contribution in [3.05, 3.63) is 155 Å². The van der Waals surface area contributed by atoms with Crippen LogP contribution in [-0.2, 0) is 35.8 Å². The van der Waals surface area contributed by atoms with E-state index in [9.17, 15) is 0 Å². The molecule has 0 aromatic heterocycles. The third kappa shape index (κ3) is 10.7. The maximum atomic E-state index is 8.26. The minimum atomic E-state index is -3.96. The SMILES string of the molecule is CCCC1(CC2=Cc3c(-c4cccc5ccccc45)cccc3[CH]2[Zr]([Cl])([Cl])[CH2][SiH2][CH2][Zr]([Cl])([Cl])[CH]2C(CC3(CCC)CCCCCC3)=Cc3c(-c4cccc5ccccc45)cccc32)CCCCCC1. The van der Waals surface area contributed by atoms with E-state index in [-0.39, 0.29) is 7.25 Å². The van der Waals surface area contributed by atoms with Gasteiger partial charge in [-0.05, 0) is 0 Å². The molecule has 2 fully saturated rings. The third-order valence-electron chi connectivity index (χ3n) is 17.4. The molecule has 6 aromatic rings. The van der Waals surface area contributed by atoms with Crippen LogP contribution in [0.3, 0.4) is 0 Å². The van der Waals surface area contributed by atoms with Crippen molar-refractivity contribution in [2.24, 2.45) is 10.8 Å². The van der Waals surface area contributed by atoms with Gasteiger partial charge in [-0.1, -0.05) is 0 Å². The predicted octanol–water partition coefficient (Wildman–Crippen LogP) is 20.8. The van der Waals surface area contributed by atoms with E-state index < -0.39 is 45.3 Å². The molecule has 0 nitrogen and oxygen atoms in total. The number of allylic oxidation sites excluding steroid dienone is 2. The predicted molar refractivity (Wildman–Crippen MR) is 301 cm³/mol. The minimum absolute atomic E-state index is 0.141. The first-order valence-electron chi connectivity index (χ1n) is 26.9. The van der Waals surface area contributed by atoms with Crippen molar-refractivity contribution in [1.29, 1.82) is 0 Å². The molecule has 0 heterocycles. The third-order valence-corrected chi connectivity index (χ3v) is 60.5. The van der Waals surface area contributed by atoms with Gasteiger partial charge < -0.3 is 0 Å². The first-order chi connectivity index (χ1) is 33.5. The molecule has 69 heavy (non-hydrogen) atoms. The molecule has 2 unspecified atom stereocenters. The van der Waals surface area contributed by atoms with Gasteiger partial charge in [-0.25, -0.2) is 0 Å². The molecule has 360 valence electrons. The fourth-order valence-electron chi connectivity index (χ4n) is 14.4. The molecule has 2 saturated carbocycles. The van der Waals surface area contributed by atoms with Gasteiger partial charge in [0.15, 0.2) is 0 Å². The molecule has 0 amide bonds. The van der Waals surface area contributed by atoms with E-state index in [2.05, 4.69) is 147 Å². The molecule has 6 aromatic carbocycles. The van der Waals surface area contributed by atoms with Crippen molar-refractivity contribution in [3.63, 3.8) is 0 Å². The van der Waals surface area contributed by atoms with E-state index in [4.69, 9.17) is 34.1 Å². The Balaban J connectivity index is 0.993. The zero-order valence-electron chi connectivity index (χ0n) is 41.2. The van der Waals surface area contributed by atoms with E-state index in [0.717, 1.165) is 20.3 Å². The van der Waals surface area contributed by atoms with Crippen LogP contribution in [0.5, 0.6) is 0 Å². The number of fused-ring (bicyclic) bond motifs is 4. The van der Waals surface area contributed by atoms with Crippen molar-refractivity contribution >= 4 is 77.3 Å². The summed E-state index contributed by atoms with van der Waals surface area (Å²) in [6, 6.07) is 45.3. The van der Waals surface area contributed by atoms with Crippen molar-refractivity contribution in [2.45, 2.75) is 144 Å². The van der Waals surface area contributed by atoms with Gasteiger partial charge in [0.05, 0.1) is 0 Å². The normalized spacial score (nSPS) is 20.4. The quantitative estimate of drug-likeness (QED) is 0.0669. The molecule has 0 N–H and O–H groups in total. The van der Waals surface area contributed by atoms with Crippen LogP contribution in [0.25, 0.3) is 56.0 Å². The Morgan fingerprint density at radius 1 is 0.449 bits per heavy atom. The summed E-state index contributed by atoms with van der Waals surface area (Å²) in [5, 5.41) is 5.16. The van der Waals surface area contributed by atoms with Crippen LogP contribution in [0, 0.1) is 10.8 Å². The molecule has 10 rings (SSSR count). The maximum absolute atomic E-state index is 8.26. The van der Waals surface area contributed by atoms with Crippen molar-refractivity contribution in [3.8, 4) is 22.3 Å². The zero-order valence-corrected chi connectivity index (χ0v) is 50.6. The summed E-state index contributed by atoms with van der Waals surface area (Å²) in [5.74, 6) is 0. The fraction of sp³-hybridized carbons (Fsp3) is 0.419. The van der Waals surface area contributed by atoms with Gasteiger partial charge in [-0.15, -0.1) is 0 Å². The second-order valence-corrected chi connectivity index (χ2v) is 59.7. The molecule has 0 bridgehead atoms. The summed E-state index contributed by atoms with van der Waals surface area (Å²) >= 11 is -7.92. The molecule has 7 heteroatoms. The Morgan fingerprint density at radius 2 is 0.812 bits per heavy atom. The number of hydrogen-bond donors (Lipinski definition) is 0. The van der Waals surface area contributed by atoms with E-state index in [1.807, 2.05) is 0 Å². The Bertz CT molecular complexity index is 2640. The van der Waals surface area contributed by atoms with Crippen LogP contribution >= 0.6 is 34.1 Å². The Labute approximate surface area is 440 Å². The molecule has 0 saturated heterocycles. The molecule has 0 aliphatic heterocycles. The summed E-state index contributed by atoms with van der Waals surface area (Å²) in [5.41, 5.74) is 14.4. The number of halogens is 4. The monoisotopic (exact) mass is 1160 g/mol. The summed E-state index contributed by atoms with van der Waals surface area (Å²) in [6.45, 7) is 4.78. The molecule has 0 spiro atoms. The van der Waals surface area contributed by atoms with Gasteiger partial charge in [0, 0.05) is 0 Å². The van der Waals surface area contributed by atoms with Gasteiger partial charge in [0.1, 0.15) is 0 Å². The topological polar surface area (TPSA) is 0 Å². The summed E-state index contributed by atoms with van der Waals surface area (Å²) in [7, 11) is 32.2. The van der Waals surface area contributed by atoms with Gasteiger partial charge in [-0.3, -0.25) is 0 Å². The van der Waals surface area contributed by atoms with E-state index in [1.54, 1.807) is 0 Å². The van der Waals surface area contributed by atoms with Gasteiger partial charge in [0.2, 0.25) is 0 Å². The first kappa shape index (κ1) is 51.0. The summed E-state index contributed by atoms with van der Waals surface area (Å²) in [4.78, 5) is 0. The van der Waals surface area contributed by atoms with Crippen LogP contribution < -0.4 is 0 Å². The van der Waals surface area contributed by atoms with Gasteiger partial charge in [0.25, 0.3) is 0 Å². The summed E-state index contributed by atoms with van der Waals surface area (Å²) < 4.78 is 2.26. The molecule has 2 atom stereocenters. The average Bonchev–Trinajstić information content (AvgIpc) is 3.71. The van der Waals surface area contributed by atoms with Gasteiger partial charge >= 0.3 is 445 Å². The van der Waals surface area contributed by atoms with E-state index >= 15 is 0 Å². The van der Waals surface area contributed by atoms with Crippen LogP contribution in [0.4, 0.5) is 0 Å². The van der Waals surface area contributed by atoms with Crippen LogP contribution in [0.2, 0.25) is 7.50 Å². The molecular weight excluding hydrogens is 1100 g/mol. The van der Waals surface area contributed by atoms with Crippen LogP contribution in [0.15, 0.2) is 132 Å². The Hall–Kier alpha value is -1.54. The second-order valence-electron chi connectivity index (χ2n) is 22.0. The van der Waals surface area contributed by atoms with Crippen LogP contribution in [-0.4, -0.2) is 9.52 Å². The zero-order chi connectivity index (χ0) is 47.6. The number of hydrogen-bond acceptors (Lipinski definition) is 0. The van der Waals surface area contributed by atoms with Gasteiger partial charge in [-0.2, -0.15) is 0 Å². The Kier molecular flexibility index (Phi) is 16.3. The molecule has 4 aliphatic rings. The standard InChI is InChI=1S/2C30H33.C2H6Si.4ClH.2Zr/c2*1-2-17-30(18-7-3-4-8-19-30)22-23-20-25-13-10-16-28(29(25)21-23)27-15-9-12-24-11-5-6-14-26(24)27;1-3-2;;;;;;/h2*5-6,9-16,20-21H,2-4,7-8,17-19,22H2,1H3;1-3H2;4*1H;;/q;;;;;;;2*+2/p-4. The van der Waals surface area contributed by atoms with Crippen molar-refractivity contribution in [2.75, 3.05) is 0 Å². The fourth-order valence-corrected chi connectivity index (χ4v) is 58.9. The Morgan fingerprint density at radius 3 is 1.22 bits per heavy atom. The van der Waals surface area contributed by atoms with E-state index in [0.29, 0.717) is 10.8 Å². The van der Waals surface area contributed by atoms with Crippen molar-refractivity contribution in [1.82, 2.24) is 0 Å². The molecule has 0 radical (unpaired) electrons. The molecule has 4 aliphatic carbocycles. The molecular formula is C62H72Cl4SiZr2. The number of rotatable bonds is 16. The summed E-state index contributed by atoms with van der Waals surface area (Å²) in [6.07, 6.45) is 28.5. The van der Waals surface area contributed by atoms with Crippen LogP contribution in [0.1, 0.15) is 159 Å². The first-order valence-corrected chi connectivity index (χ1v) is 47.9.